The summed E-state index contributed by atoms with van der Waals surface area (Å²) in [5, 5.41) is 10.2. The van der Waals surface area contributed by atoms with Gasteiger partial charge in [0, 0.05) is 12.1 Å². The van der Waals surface area contributed by atoms with Gasteiger partial charge in [0.25, 0.3) is 10.0 Å². The molecule has 0 saturated heterocycles. The molecular formula is C16H15ClFNO4S. The van der Waals surface area contributed by atoms with Gasteiger partial charge in [-0.25, -0.2) is 12.8 Å². The van der Waals surface area contributed by atoms with Crippen molar-refractivity contribution in [3.8, 4) is 5.75 Å². The maximum absolute atomic E-state index is 13.4. The Bertz CT molecular complexity index is 888. The van der Waals surface area contributed by atoms with Crippen LogP contribution >= 0.6 is 11.6 Å². The number of aliphatic hydroxyl groups is 1. The molecule has 1 unspecified atom stereocenters. The average Bonchev–Trinajstić information content (AvgIpc) is 2.55. The minimum atomic E-state index is -3.90. The first-order valence-electron chi connectivity index (χ1n) is 7.18. The Morgan fingerprint density at radius 3 is 2.71 bits per heavy atom. The number of ether oxygens (including phenoxy) is 1. The third-order valence-corrected chi connectivity index (χ3v) is 6.04. The van der Waals surface area contributed by atoms with Crippen molar-refractivity contribution in [3.05, 3.63) is 52.8 Å². The Labute approximate surface area is 144 Å². The molecule has 128 valence electrons. The quantitative estimate of drug-likeness (QED) is 0.900. The zero-order valence-electron chi connectivity index (χ0n) is 12.7. The summed E-state index contributed by atoms with van der Waals surface area (Å²) in [6, 6.07) is 7.86. The molecule has 2 aromatic rings. The van der Waals surface area contributed by atoms with E-state index in [9.17, 15) is 17.9 Å². The summed E-state index contributed by atoms with van der Waals surface area (Å²) in [5.41, 5.74) is 0.520. The van der Waals surface area contributed by atoms with Crippen LogP contribution in [-0.2, 0) is 10.0 Å². The highest BCUT2D eigenvalue weighted by atomic mass is 35.5. The SMILES string of the molecule is COc1ccc(S(=O)(=O)N2CCC(O)c3cc(F)ccc32)cc1Cl. The summed E-state index contributed by atoms with van der Waals surface area (Å²) in [6.45, 7) is 0.0891. The molecule has 5 nitrogen and oxygen atoms in total. The highest BCUT2D eigenvalue weighted by molar-refractivity contribution is 7.92. The molecule has 1 aliphatic heterocycles. The Kier molecular flexibility index (Phi) is 4.42. The van der Waals surface area contributed by atoms with Gasteiger partial charge < -0.3 is 9.84 Å². The largest absolute Gasteiger partial charge is 0.495 e. The zero-order valence-corrected chi connectivity index (χ0v) is 14.3. The highest BCUT2D eigenvalue weighted by Crippen LogP contribution is 2.38. The normalized spacial score (nSPS) is 17.5. The van der Waals surface area contributed by atoms with Crippen LogP contribution in [0.4, 0.5) is 10.1 Å². The molecular weight excluding hydrogens is 357 g/mol. The van der Waals surface area contributed by atoms with Gasteiger partial charge in [-0.1, -0.05) is 11.6 Å². The van der Waals surface area contributed by atoms with E-state index in [-0.39, 0.29) is 34.1 Å². The molecule has 2 aromatic carbocycles. The zero-order chi connectivity index (χ0) is 17.5. The Balaban J connectivity index is 2.08. The van der Waals surface area contributed by atoms with Crippen LogP contribution < -0.4 is 9.04 Å². The van der Waals surface area contributed by atoms with Gasteiger partial charge in [0.2, 0.25) is 0 Å². The number of sulfonamides is 1. The molecule has 1 atom stereocenters. The molecule has 1 aliphatic rings. The molecule has 0 aromatic heterocycles. The molecule has 1 heterocycles. The summed E-state index contributed by atoms with van der Waals surface area (Å²) < 4.78 is 45.5. The van der Waals surface area contributed by atoms with Gasteiger partial charge in [-0.05, 0) is 42.8 Å². The molecule has 0 saturated carbocycles. The number of benzene rings is 2. The van der Waals surface area contributed by atoms with E-state index in [1.807, 2.05) is 0 Å². The van der Waals surface area contributed by atoms with Crippen molar-refractivity contribution >= 4 is 27.3 Å². The standard InChI is InChI=1S/C16H15ClFNO4S/c1-23-16-5-3-11(9-13(16)17)24(21,22)19-7-6-15(20)12-8-10(18)2-4-14(12)19/h2-5,8-9,15,20H,6-7H2,1H3. The van der Waals surface area contributed by atoms with Gasteiger partial charge in [-0.2, -0.15) is 0 Å². The summed E-state index contributed by atoms with van der Waals surface area (Å²) in [7, 11) is -2.46. The second-order valence-electron chi connectivity index (χ2n) is 5.38. The molecule has 1 N–H and O–H groups in total. The van der Waals surface area contributed by atoms with Gasteiger partial charge in [-0.3, -0.25) is 4.31 Å². The Hall–Kier alpha value is -1.83. The monoisotopic (exact) mass is 371 g/mol. The Morgan fingerprint density at radius 2 is 2.04 bits per heavy atom. The van der Waals surface area contributed by atoms with E-state index < -0.39 is 21.9 Å². The number of methoxy groups -OCH3 is 1. The van der Waals surface area contributed by atoms with E-state index in [1.165, 1.54) is 37.4 Å². The predicted octanol–water partition coefficient (Wildman–Crippen LogP) is 3.12. The van der Waals surface area contributed by atoms with Crippen LogP contribution in [0.2, 0.25) is 5.02 Å². The lowest BCUT2D eigenvalue weighted by Gasteiger charge is -2.33. The smallest absolute Gasteiger partial charge is 0.264 e. The Morgan fingerprint density at radius 1 is 1.29 bits per heavy atom. The third-order valence-electron chi connectivity index (χ3n) is 3.93. The summed E-state index contributed by atoms with van der Waals surface area (Å²) in [4.78, 5) is -0.0000326. The van der Waals surface area contributed by atoms with E-state index in [0.29, 0.717) is 5.75 Å². The van der Waals surface area contributed by atoms with Crippen LogP contribution in [0.15, 0.2) is 41.3 Å². The minimum Gasteiger partial charge on any atom is -0.495 e. The fourth-order valence-electron chi connectivity index (χ4n) is 2.72. The molecule has 0 aliphatic carbocycles. The summed E-state index contributed by atoms with van der Waals surface area (Å²) in [5.74, 6) is -0.160. The van der Waals surface area contributed by atoms with Gasteiger partial charge in [0.05, 0.1) is 28.8 Å². The molecule has 0 radical (unpaired) electrons. The molecule has 0 bridgehead atoms. The lowest BCUT2D eigenvalue weighted by atomic mass is 10.0. The van der Waals surface area contributed by atoms with E-state index in [2.05, 4.69) is 0 Å². The van der Waals surface area contributed by atoms with Gasteiger partial charge in [0.15, 0.2) is 0 Å². The number of hydrogen-bond donors (Lipinski definition) is 1. The van der Waals surface area contributed by atoms with Crippen LogP contribution in [0.25, 0.3) is 0 Å². The predicted molar refractivity (Wildman–Crippen MR) is 88.5 cm³/mol. The van der Waals surface area contributed by atoms with Crippen molar-refractivity contribution in [2.45, 2.75) is 17.4 Å². The van der Waals surface area contributed by atoms with Gasteiger partial charge in [-0.15, -0.1) is 0 Å². The fraction of sp³-hybridized carbons (Fsp3) is 0.250. The molecule has 0 fully saturated rings. The van der Waals surface area contributed by atoms with Crippen LogP contribution in [0.1, 0.15) is 18.1 Å². The molecule has 8 heteroatoms. The fourth-order valence-corrected chi connectivity index (χ4v) is 4.57. The summed E-state index contributed by atoms with van der Waals surface area (Å²) in [6.07, 6.45) is -0.721. The second-order valence-corrected chi connectivity index (χ2v) is 7.65. The van der Waals surface area contributed by atoms with Crippen molar-refractivity contribution < 1.29 is 22.7 Å². The van der Waals surface area contributed by atoms with E-state index in [0.717, 1.165) is 10.4 Å². The van der Waals surface area contributed by atoms with Gasteiger partial charge >= 0.3 is 0 Å². The number of halogens is 2. The minimum absolute atomic E-state index is 0.0000326. The van der Waals surface area contributed by atoms with Crippen LogP contribution in [0.3, 0.4) is 0 Å². The van der Waals surface area contributed by atoms with Gasteiger partial charge in [0.1, 0.15) is 11.6 Å². The topological polar surface area (TPSA) is 66.8 Å². The highest BCUT2D eigenvalue weighted by Gasteiger charge is 2.33. The van der Waals surface area contributed by atoms with Crippen LogP contribution in [0.5, 0.6) is 5.75 Å². The number of rotatable bonds is 3. The molecule has 0 spiro atoms. The van der Waals surface area contributed by atoms with E-state index in [1.54, 1.807) is 0 Å². The summed E-state index contributed by atoms with van der Waals surface area (Å²) >= 11 is 6.02. The van der Waals surface area contributed by atoms with Crippen molar-refractivity contribution in [3.63, 3.8) is 0 Å². The molecule has 0 amide bonds. The molecule has 24 heavy (non-hydrogen) atoms. The van der Waals surface area contributed by atoms with Crippen LogP contribution in [-0.4, -0.2) is 27.2 Å². The maximum atomic E-state index is 13.4. The average molecular weight is 372 g/mol. The third kappa shape index (κ3) is 2.83. The first-order chi connectivity index (χ1) is 11.3. The van der Waals surface area contributed by atoms with E-state index in [4.69, 9.17) is 16.3 Å². The van der Waals surface area contributed by atoms with Crippen molar-refractivity contribution in [1.82, 2.24) is 0 Å². The molecule has 3 rings (SSSR count). The first-order valence-corrected chi connectivity index (χ1v) is 9.00. The van der Waals surface area contributed by atoms with E-state index >= 15 is 0 Å². The lowest BCUT2D eigenvalue weighted by molar-refractivity contribution is 0.166. The van der Waals surface area contributed by atoms with Crippen molar-refractivity contribution in [2.75, 3.05) is 18.0 Å². The first kappa shape index (κ1) is 17.0. The number of nitrogens with zero attached hydrogens (tertiary/aromatic N) is 1. The van der Waals surface area contributed by atoms with Crippen molar-refractivity contribution in [1.29, 1.82) is 0 Å². The number of fused-ring (bicyclic) bond motifs is 1. The van der Waals surface area contributed by atoms with Crippen molar-refractivity contribution in [2.24, 2.45) is 0 Å². The lowest BCUT2D eigenvalue weighted by Crippen LogP contribution is -2.36. The number of anilines is 1. The number of hydrogen-bond acceptors (Lipinski definition) is 4. The van der Waals surface area contributed by atoms with Crippen LogP contribution in [0, 0.1) is 5.82 Å². The number of aliphatic hydroxyl groups excluding tert-OH is 1. The maximum Gasteiger partial charge on any atom is 0.264 e. The second kappa shape index (κ2) is 6.23.